The fourth-order valence-electron chi connectivity index (χ4n) is 1.70. The van der Waals surface area contributed by atoms with Gasteiger partial charge in [0, 0.05) is 5.56 Å². The molecule has 2 nitrogen and oxygen atoms in total. The molecule has 0 atom stereocenters. The molecule has 0 fully saturated rings. The van der Waals surface area contributed by atoms with Crippen molar-refractivity contribution in [3.05, 3.63) is 54.1 Å². The standard InChI is InChI=1S/C14H8N2S/c15-9-10-6-7-13-12(8-10)16-14(17-13)11-4-2-1-3-5-11/h1-8H. The Hall–Kier alpha value is -2.18. The zero-order chi connectivity index (χ0) is 11.7. The number of rotatable bonds is 1. The largest absolute Gasteiger partial charge is 0.236 e. The van der Waals surface area contributed by atoms with Crippen LogP contribution in [0.3, 0.4) is 0 Å². The Morgan fingerprint density at radius 1 is 1.06 bits per heavy atom. The molecule has 0 aliphatic heterocycles. The molecule has 0 aliphatic carbocycles. The Kier molecular flexibility index (Phi) is 2.36. The summed E-state index contributed by atoms with van der Waals surface area (Å²) in [6.07, 6.45) is 0. The lowest BCUT2D eigenvalue weighted by molar-refractivity contribution is 1.45. The normalized spacial score (nSPS) is 10.3. The second kappa shape index (κ2) is 4.00. The summed E-state index contributed by atoms with van der Waals surface area (Å²) in [5.41, 5.74) is 2.67. The van der Waals surface area contributed by atoms with Crippen LogP contribution in [0, 0.1) is 11.3 Å². The van der Waals surface area contributed by atoms with Gasteiger partial charge in [-0.25, -0.2) is 4.98 Å². The number of nitriles is 1. The van der Waals surface area contributed by atoms with Crippen LogP contribution in [0.2, 0.25) is 0 Å². The molecule has 0 saturated carbocycles. The van der Waals surface area contributed by atoms with Gasteiger partial charge in [0.1, 0.15) is 5.01 Å². The third kappa shape index (κ3) is 1.79. The zero-order valence-corrected chi connectivity index (χ0v) is 9.74. The van der Waals surface area contributed by atoms with E-state index >= 15 is 0 Å². The molecule has 17 heavy (non-hydrogen) atoms. The van der Waals surface area contributed by atoms with E-state index in [0.717, 1.165) is 20.8 Å². The minimum atomic E-state index is 0.655. The van der Waals surface area contributed by atoms with Crippen LogP contribution in [0.5, 0.6) is 0 Å². The SMILES string of the molecule is N#Cc1ccc2sc(-c3ccccc3)nc2c1. The maximum absolute atomic E-state index is 8.85. The van der Waals surface area contributed by atoms with Gasteiger partial charge < -0.3 is 0 Å². The topological polar surface area (TPSA) is 36.7 Å². The summed E-state index contributed by atoms with van der Waals surface area (Å²) in [6.45, 7) is 0. The fraction of sp³-hybridized carbons (Fsp3) is 0. The molecule has 1 heterocycles. The lowest BCUT2D eigenvalue weighted by Crippen LogP contribution is -1.75. The highest BCUT2D eigenvalue weighted by atomic mass is 32.1. The van der Waals surface area contributed by atoms with Crippen LogP contribution in [0.15, 0.2) is 48.5 Å². The van der Waals surface area contributed by atoms with Gasteiger partial charge in [-0.15, -0.1) is 11.3 Å². The predicted octanol–water partition coefficient (Wildman–Crippen LogP) is 3.83. The molecule has 80 valence electrons. The predicted molar refractivity (Wildman–Crippen MR) is 69.8 cm³/mol. The van der Waals surface area contributed by atoms with Crippen molar-refractivity contribution in [3.63, 3.8) is 0 Å². The fourth-order valence-corrected chi connectivity index (χ4v) is 2.65. The summed E-state index contributed by atoms with van der Waals surface area (Å²) in [5.74, 6) is 0. The molecular formula is C14H8N2S. The van der Waals surface area contributed by atoms with Crippen LogP contribution in [-0.2, 0) is 0 Å². The summed E-state index contributed by atoms with van der Waals surface area (Å²) in [4.78, 5) is 4.56. The van der Waals surface area contributed by atoms with Gasteiger partial charge >= 0.3 is 0 Å². The summed E-state index contributed by atoms with van der Waals surface area (Å²) in [7, 11) is 0. The highest BCUT2D eigenvalue weighted by molar-refractivity contribution is 7.21. The van der Waals surface area contributed by atoms with Gasteiger partial charge in [-0.3, -0.25) is 0 Å². The van der Waals surface area contributed by atoms with Crippen molar-refractivity contribution in [1.82, 2.24) is 4.98 Å². The van der Waals surface area contributed by atoms with E-state index in [0.29, 0.717) is 5.56 Å². The highest BCUT2D eigenvalue weighted by Gasteiger charge is 2.06. The molecule has 0 radical (unpaired) electrons. The lowest BCUT2D eigenvalue weighted by Gasteiger charge is -1.92. The summed E-state index contributed by atoms with van der Waals surface area (Å²) in [5, 5.41) is 9.84. The second-order valence-corrected chi connectivity index (χ2v) is 4.71. The number of fused-ring (bicyclic) bond motifs is 1. The first-order valence-electron chi connectivity index (χ1n) is 5.23. The van der Waals surface area contributed by atoms with Crippen molar-refractivity contribution in [2.75, 3.05) is 0 Å². The van der Waals surface area contributed by atoms with Crippen LogP contribution in [0.4, 0.5) is 0 Å². The molecule has 3 aromatic rings. The van der Waals surface area contributed by atoms with Gasteiger partial charge in [0.2, 0.25) is 0 Å². The average Bonchev–Trinajstić information content (AvgIpc) is 2.82. The Balaban J connectivity index is 2.18. The molecule has 0 spiro atoms. The van der Waals surface area contributed by atoms with Crippen LogP contribution >= 0.6 is 11.3 Å². The molecule has 0 saturated heterocycles. The van der Waals surface area contributed by atoms with Gasteiger partial charge in [-0.1, -0.05) is 30.3 Å². The number of thiazole rings is 1. The van der Waals surface area contributed by atoms with Crippen molar-refractivity contribution in [2.24, 2.45) is 0 Å². The number of hydrogen-bond acceptors (Lipinski definition) is 3. The number of nitrogens with zero attached hydrogens (tertiary/aromatic N) is 2. The van der Waals surface area contributed by atoms with Crippen LogP contribution < -0.4 is 0 Å². The van der Waals surface area contributed by atoms with Crippen LogP contribution in [0.25, 0.3) is 20.8 Å². The molecule has 0 amide bonds. The van der Waals surface area contributed by atoms with E-state index in [1.165, 1.54) is 0 Å². The van der Waals surface area contributed by atoms with Crippen molar-refractivity contribution in [1.29, 1.82) is 5.26 Å². The second-order valence-electron chi connectivity index (χ2n) is 3.68. The highest BCUT2D eigenvalue weighted by Crippen LogP contribution is 2.30. The summed E-state index contributed by atoms with van der Waals surface area (Å²) in [6, 6.07) is 17.8. The Bertz CT molecular complexity index is 708. The van der Waals surface area contributed by atoms with Gasteiger partial charge in [0.05, 0.1) is 21.8 Å². The van der Waals surface area contributed by atoms with Crippen LogP contribution in [-0.4, -0.2) is 4.98 Å². The van der Waals surface area contributed by atoms with Gasteiger partial charge in [-0.05, 0) is 18.2 Å². The first kappa shape index (κ1) is 10.0. The first-order chi connectivity index (χ1) is 8.36. The van der Waals surface area contributed by atoms with Crippen molar-refractivity contribution in [2.45, 2.75) is 0 Å². The smallest absolute Gasteiger partial charge is 0.124 e. The van der Waals surface area contributed by atoms with E-state index in [2.05, 4.69) is 11.1 Å². The van der Waals surface area contributed by atoms with Crippen LogP contribution in [0.1, 0.15) is 5.56 Å². The van der Waals surface area contributed by atoms with E-state index in [-0.39, 0.29) is 0 Å². The number of benzene rings is 2. The molecule has 1 aromatic heterocycles. The van der Waals surface area contributed by atoms with E-state index in [1.807, 2.05) is 48.5 Å². The van der Waals surface area contributed by atoms with Crippen molar-refractivity contribution >= 4 is 21.6 Å². The maximum atomic E-state index is 8.85. The van der Waals surface area contributed by atoms with Crippen molar-refractivity contribution < 1.29 is 0 Å². The van der Waals surface area contributed by atoms with Crippen molar-refractivity contribution in [3.8, 4) is 16.6 Å². The quantitative estimate of drug-likeness (QED) is 0.643. The minimum Gasteiger partial charge on any atom is -0.236 e. The molecule has 2 aromatic carbocycles. The molecule has 0 aliphatic rings. The summed E-state index contributed by atoms with van der Waals surface area (Å²) < 4.78 is 1.11. The van der Waals surface area contributed by atoms with E-state index in [9.17, 15) is 0 Å². The monoisotopic (exact) mass is 236 g/mol. The van der Waals surface area contributed by atoms with E-state index in [4.69, 9.17) is 5.26 Å². The molecule has 3 heteroatoms. The van der Waals surface area contributed by atoms with E-state index < -0.39 is 0 Å². The Morgan fingerprint density at radius 3 is 2.65 bits per heavy atom. The van der Waals surface area contributed by atoms with Gasteiger partial charge in [-0.2, -0.15) is 5.26 Å². The first-order valence-corrected chi connectivity index (χ1v) is 6.04. The minimum absolute atomic E-state index is 0.655. The summed E-state index contributed by atoms with van der Waals surface area (Å²) >= 11 is 1.65. The third-order valence-electron chi connectivity index (χ3n) is 2.54. The Labute approximate surface area is 103 Å². The van der Waals surface area contributed by atoms with E-state index in [1.54, 1.807) is 11.3 Å². The number of hydrogen-bond donors (Lipinski definition) is 0. The molecule has 0 bridgehead atoms. The molecule has 0 N–H and O–H groups in total. The maximum Gasteiger partial charge on any atom is 0.124 e. The average molecular weight is 236 g/mol. The molecule has 0 unspecified atom stereocenters. The molecule has 3 rings (SSSR count). The number of aromatic nitrogens is 1. The Morgan fingerprint density at radius 2 is 1.88 bits per heavy atom. The van der Waals surface area contributed by atoms with Gasteiger partial charge in [0.25, 0.3) is 0 Å². The lowest BCUT2D eigenvalue weighted by atomic mass is 10.2. The third-order valence-corrected chi connectivity index (χ3v) is 3.62. The molecular weight excluding hydrogens is 228 g/mol. The van der Waals surface area contributed by atoms with Gasteiger partial charge in [0.15, 0.2) is 0 Å². The zero-order valence-electron chi connectivity index (χ0n) is 8.92.